The fraction of sp³-hybridized carbons (Fsp3) is 0.214. The van der Waals surface area contributed by atoms with Crippen LogP contribution >= 0.6 is 0 Å². The van der Waals surface area contributed by atoms with Crippen LogP contribution in [0.1, 0.15) is 24.1 Å². The number of nitrogens with zero attached hydrogens (tertiary/aromatic N) is 2. The molecule has 1 amide bonds. The summed E-state index contributed by atoms with van der Waals surface area (Å²) in [5.41, 5.74) is 3.47. The summed E-state index contributed by atoms with van der Waals surface area (Å²) in [6.45, 7) is 3.85. The van der Waals surface area contributed by atoms with Gasteiger partial charge >= 0.3 is 0 Å². The number of H-pyrrole nitrogens is 1. The molecule has 0 atom stereocenters. The fourth-order valence-electron chi connectivity index (χ4n) is 4.87. The summed E-state index contributed by atoms with van der Waals surface area (Å²) in [6.07, 6.45) is 7.25. The average Bonchev–Trinajstić information content (AvgIpc) is 3.63. The summed E-state index contributed by atoms with van der Waals surface area (Å²) < 4.78 is 34.4. The molecule has 6 rings (SSSR count). The first-order valence-corrected chi connectivity index (χ1v) is 14.0. The Morgan fingerprint density at radius 3 is 2.76 bits per heavy atom. The van der Waals surface area contributed by atoms with Crippen LogP contribution in [-0.2, 0) is 14.8 Å². The van der Waals surface area contributed by atoms with Gasteiger partial charge in [0.15, 0.2) is 0 Å². The summed E-state index contributed by atoms with van der Waals surface area (Å²) in [5.74, 6) is 0.508. The lowest BCUT2D eigenvalue weighted by Crippen LogP contribution is -2.25. The summed E-state index contributed by atoms with van der Waals surface area (Å²) in [5, 5.41) is 3.78. The van der Waals surface area contributed by atoms with E-state index in [2.05, 4.69) is 24.9 Å². The Bertz CT molecular complexity index is 1640. The largest absolute Gasteiger partial charge is 0.492 e. The normalized spacial score (nSPS) is 16.6. The second kappa shape index (κ2) is 9.96. The van der Waals surface area contributed by atoms with Crippen molar-refractivity contribution < 1.29 is 17.9 Å². The maximum Gasteiger partial charge on any atom is 0.261 e. The van der Waals surface area contributed by atoms with Crippen molar-refractivity contribution >= 4 is 49.9 Å². The van der Waals surface area contributed by atoms with Gasteiger partial charge in [0, 0.05) is 40.6 Å². The summed E-state index contributed by atoms with van der Waals surface area (Å²) in [4.78, 5) is 22.5. The van der Waals surface area contributed by atoms with E-state index in [1.165, 1.54) is 31.2 Å². The minimum absolute atomic E-state index is 0.0508. The number of ether oxygens (including phenoxy) is 1. The molecule has 2 aromatic heterocycles. The Balaban J connectivity index is 1.24. The maximum absolute atomic E-state index is 13.0. The molecule has 1 fully saturated rings. The van der Waals surface area contributed by atoms with Crippen molar-refractivity contribution in [3.05, 3.63) is 78.2 Å². The predicted octanol–water partition coefficient (Wildman–Crippen LogP) is 4.33. The zero-order valence-corrected chi connectivity index (χ0v) is 21.4. The third kappa shape index (κ3) is 5.00. The number of hydrogen-bond donors (Lipinski definition) is 3. The molecule has 2 aliphatic heterocycles. The van der Waals surface area contributed by atoms with Crippen LogP contribution in [0.25, 0.3) is 22.6 Å². The molecule has 1 saturated heterocycles. The first-order chi connectivity index (χ1) is 18.4. The average molecular weight is 530 g/mol. The monoisotopic (exact) mass is 529 g/mol. The highest BCUT2D eigenvalue weighted by molar-refractivity contribution is 7.92. The molecular formula is C28H27N5O4S. The van der Waals surface area contributed by atoms with Gasteiger partial charge in [-0.05, 0) is 86.6 Å². The number of nitrogens with one attached hydrogen (secondary N) is 3. The highest BCUT2D eigenvalue weighted by atomic mass is 32.2. The number of aromatic amines is 1. The quantitative estimate of drug-likeness (QED) is 0.293. The van der Waals surface area contributed by atoms with Gasteiger partial charge in [-0.15, -0.1) is 0 Å². The number of fused-ring (bicyclic) bond motifs is 2. The number of anilines is 2. The van der Waals surface area contributed by atoms with Crippen LogP contribution in [-0.4, -0.2) is 55.4 Å². The Kier molecular flexibility index (Phi) is 6.34. The maximum atomic E-state index is 13.0. The summed E-state index contributed by atoms with van der Waals surface area (Å²) >= 11 is 0. The fourth-order valence-corrected chi connectivity index (χ4v) is 5.94. The number of benzene rings is 2. The molecule has 2 aliphatic rings. The van der Waals surface area contributed by atoms with E-state index >= 15 is 0 Å². The molecule has 4 aromatic rings. The van der Waals surface area contributed by atoms with E-state index in [9.17, 15) is 13.2 Å². The van der Waals surface area contributed by atoms with Crippen LogP contribution in [0.2, 0.25) is 0 Å². The van der Waals surface area contributed by atoms with Crippen LogP contribution < -0.4 is 14.8 Å². The molecule has 0 bridgehead atoms. The van der Waals surface area contributed by atoms with E-state index in [0.29, 0.717) is 29.1 Å². The van der Waals surface area contributed by atoms with Crippen LogP contribution in [0.3, 0.4) is 0 Å². The number of carbonyl (C=O) groups excluding carboxylic acids is 1. The molecule has 38 heavy (non-hydrogen) atoms. The molecule has 0 spiro atoms. The lowest BCUT2D eigenvalue weighted by atomic mass is 10.1. The Labute approximate surface area is 220 Å². The van der Waals surface area contributed by atoms with E-state index in [4.69, 9.17) is 4.74 Å². The smallest absolute Gasteiger partial charge is 0.261 e. The zero-order chi connectivity index (χ0) is 26.1. The molecule has 194 valence electrons. The number of likely N-dealkylation sites (tertiary alicyclic amines) is 1. The second-order valence-electron chi connectivity index (χ2n) is 9.44. The molecular weight excluding hydrogens is 502 g/mol. The van der Waals surface area contributed by atoms with Crippen LogP contribution in [0, 0.1) is 0 Å². The summed E-state index contributed by atoms with van der Waals surface area (Å²) in [7, 11) is -3.87. The Morgan fingerprint density at radius 2 is 1.95 bits per heavy atom. The molecule has 3 N–H and O–H groups in total. The van der Waals surface area contributed by atoms with E-state index in [0.717, 1.165) is 42.0 Å². The van der Waals surface area contributed by atoms with Gasteiger partial charge in [0.1, 0.15) is 12.4 Å². The van der Waals surface area contributed by atoms with Crippen molar-refractivity contribution in [2.24, 2.45) is 0 Å². The molecule has 0 unspecified atom stereocenters. The van der Waals surface area contributed by atoms with Gasteiger partial charge in [0.25, 0.3) is 15.9 Å². The van der Waals surface area contributed by atoms with Gasteiger partial charge < -0.3 is 15.0 Å². The lowest BCUT2D eigenvalue weighted by Gasteiger charge is -2.14. The van der Waals surface area contributed by atoms with Gasteiger partial charge in [0.05, 0.1) is 22.4 Å². The van der Waals surface area contributed by atoms with Gasteiger partial charge in [-0.2, -0.15) is 0 Å². The molecule has 0 radical (unpaired) electrons. The Hall–Kier alpha value is -4.15. The van der Waals surface area contributed by atoms with Crippen LogP contribution in [0.5, 0.6) is 5.75 Å². The van der Waals surface area contributed by atoms with Crippen molar-refractivity contribution in [2.75, 3.05) is 36.3 Å². The molecule has 10 heteroatoms. The Morgan fingerprint density at radius 1 is 1.08 bits per heavy atom. The van der Waals surface area contributed by atoms with Crippen molar-refractivity contribution in [2.45, 2.75) is 17.7 Å². The number of amides is 1. The molecule has 0 aliphatic carbocycles. The van der Waals surface area contributed by atoms with Gasteiger partial charge in [-0.3, -0.25) is 19.4 Å². The topological polar surface area (TPSA) is 116 Å². The van der Waals surface area contributed by atoms with Crippen molar-refractivity contribution in [1.29, 1.82) is 0 Å². The standard InChI is InChI=1S/C28H27N5O4S/c34-28-25(24-17-23(6-8-27(24)31-28)38(35,36)32-20-4-3-9-29-18-20)16-21-14-19-15-22(5-7-26(19)30-21)37-13-12-33-10-1-2-11-33/h3-9,14-18,30,32H,1-2,10-13H2,(H,31,34)/b25-16+. The van der Waals surface area contributed by atoms with E-state index < -0.39 is 10.0 Å². The molecule has 9 nitrogen and oxygen atoms in total. The molecule has 2 aromatic carbocycles. The van der Waals surface area contributed by atoms with Crippen LogP contribution in [0.4, 0.5) is 11.4 Å². The van der Waals surface area contributed by atoms with Gasteiger partial charge in [-0.25, -0.2) is 8.42 Å². The second-order valence-corrected chi connectivity index (χ2v) is 11.1. The number of carbonyl (C=O) groups is 1. The predicted molar refractivity (Wildman–Crippen MR) is 147 cm³/mol. The summed E-state index contributed by atoms with van der Waals surface area (Å²) in [6, 6.07) is 15.7. The minimum atomic E-state index is -3.87. The number of rotatable bonds is 8. The third-order valence-corrected chi connectivity index (χ3v) is 8.16. The van der Waals surface area contributed by atoms with Gasteiger partial charge in [0.2, 0.25) is 0 Å². The molecule has 0 saturated carbocycles. The van der Waals surface area contributed by atoms with E-state index in [-0.39, 0.29) is 10.8 Å². The molecule has 4 heterocycles. The number of sulfonamides is 1. The first-order valence-electron chi connectivity index (χ1n) is 12.5. The van der Waals surface area contributed by atoms with Crippen molar-refractivity contribution in [3.63, 3.8) is 0 Å². The number of aromatic nitrogens is 2. The number of pyridine rings is 1. The first kappa shape index (κ1) is 24.2. The van der Waals surface area contributed by atoms with Gasteiger partial charge in [-0.1, -0.05) is 0 Å². The van der Waals surface area contributed by atoms with Crippen molar-refractivity contribution in [3.8, 4) is 5.75 Å². The highest BCUT2D eigenvalue weighted by Gasteiger charge is 2.27. The zero-order valence-electron chi connectivity index (χ0n) is 20.6. The lowest BCUT2D eigenvalue weighted by molar-refractivity contribution is -0.110. The van der Waals surface area contributed by atoms with Crippen LogP contribution in [0.15, 0.2) is 71.9 Å². The highest BCUT2D eigenvalue weighted by Crippen LogP contribution is 2.35. The minimum Gasteiger partial charge on any atom is -0.492 e. The van der Waals surface area contributed by atoms with E-state index in [1.54, 1.807) is 30.5 Å². The van der Waals surface area contributed by atoms with Crippen molar-refractivity contribution in [1.82, 2.24) is 14.9 Å². The van der Waals surface area contributed by atoms with E-state index in [1.807, 2.05) is 24.3 Å². The third-order valence-electron chi connectivity index (χ3n) is 6.79. The number of hydrogen-bond acceptors (Lipinski definition) is 6. The SMILES string of the molecule is O=C1Nc2ccc(S(=O)(=O)Nc3cccnc3)cc2/C1=C\c1cc2cc(OCCN3CCCC3)ccc2[nH]1.